The van der Waals surface area contributed by atoms with Crippen LogP contribution in [-0.2, 0) is 16.6 Å². The van der Waals surface area contributed by atoms with Crippen LogP contribution >= 0.6 is 0 Å². The molecule has 0 heterocycles. The van der Waals surface area contributed by atoms with Crippen molar-refractivity contribution in [3.8, 4) is 11.5 Å². The number of amides is 1. The van der Waals surface area contributed by atoms with Crippen LogP contribution in [0.15, 0.2) is 47.4 Å². The van der Waals surface area contributed by atoms with Crippen LogP contribution in [0.4, 0.5) is 8.78 Å². The van der Waals surface area contributed by atoms with Gasteiger partial charge in [-0.2, -0.15) is 8.78 Å². The molecule has 10 heteroatoms. The molecule has 0 bridgehead atoms. The molecule has 1 saturated carbocycles. The second-order valence-corrected chi connectivity index (χ2v) is 8.64. The van der Waals surface area contributed by atoms with Crippen molar-refractivity contribution in [2.45, 2.75) is 30.9 Å². The van der Waals surface area contributed by atoms with Gasteiger partial charge in [0.05, 0.1) is 12.0 Å². The van der Waals surface area contributed by atoms with E-state index in [4.69, 9.17) is 4.74 Å². The lowest BCUT2D eigenvalue weighted by atomic mass is 10.1. The Morgan fingerprint density at radius 2 is 1.93 bits per heavy atom. The average Bonchev–Trinajstić information content (AvgIpc) is 3.55. The second kappa shape index (κ2) is 9.40. The molecule has 3 rings (SSSR count). The smallest absolute Gasteiger partial charge is 0.387 e. The van der Waals surface area contributed by atoms with E-state index in [9.17, 15) is 22.0 Å². The maximum absolute atomic E-state index is 12.5. The normalized spacial score (nSPS) is 13.9. The molecular formula is C20H22F2N2O5S. The maximum Gasteiger partial charge on any atom is 0.387 e. The highest BCUT2D eigenvalue weighted by Crippen LogP contribution is 2.29. The van der Waals surface area contributed by atoms with Gasteiger partial charge in [0.15, 0.2) is 11.5 Å². The van der Waals surface area contributed by atoms with Crippen LogP contribution in [0.3, 0.4) is 0 Å². The first-order valence-corrected chi connectivity index (χ1v) is 10.8. The summed E-state index contributed by atoms with van der Waals surface area (Å²) in [6, 6.07) is 10.1. The Balaban J connectivity index is 1.65. The lowest BCUT2D eigenvalue weighted by Gasteiger charge is -2.12. The SMILES string of the molecule is COc1cc(CNC(=O)c2cccc(S(=O)(=O)NCC3CC3)c2)ccc1OC(F)F. The standard InChI is InChI=1S/C20H22F2N2O5S/c1-28-18-9-14(7-8-17(18)29-20(21)22)11-23-19(25)15-3-2-4-16(10-15)30(26,27)24-12-13-5-6-13/h2-4,7-10,13,20,24H,5-6,11-12H2,1H3,(H,23,25). The van der Waals surface area contributed by atoms with E-state index in [1.165, 1.54) is 49.6 Å². The summed E-state index contributed by atoms with van der Waals surface area (Å²) in [6.07, 6.45) is 2.04. The molecule has 0 aromatic heterocycles. The Kier molecular flexibility index (Phi) is 6.88. The number of carbonyl (C=O) groups excluding carboxylic acids is 1. The Hall–Kier alpha value is -2.72. The molecule has 0 atom stereocenters. The van der Waals surface area contributed by atoms with Crippen molar-refractivity contribution in [3.05, 3.63) is 53.6 Å². The van der Waals surface area contributed by atoms with Crippen molar-refractivity contribution >= 4 is 15.9 Å². The fraction of sp³-hybridized carbons (Fsp3) is 0.350. The Bertz CT molecular complexity index is 1010. The third-order valence-corrected chi connectivity index (χ3v) is 5.98. The van der Waals surface area contributed by atoms with Crippen LogP contribution in [0, 0.1) is 5.92 Å². The van der Waals surface area contributed by atoms with Crippen LogP contribution in [0.1, 0.15) is 28.8 Å². The van der Waals surface area contributed by atoms with Gasteiger partial charge in [0.25, 0.3) is 5.91 Å². The summed E-state index contributed by atoms with van der Waals surface area (Å²) >= 11 is 0. The lowest BCUT2D eigenvalue weighted by molar-refractivity contribution is -0.0512. The molecule has 0 aliphatic heterocycles. The molecule has 7 nitrogen and oxygen atoms in total. The van der Waals surface area contributed by atoms with Gasteiger partial charge in [-0.3, -0.25) is 4.79 Å². The van der Waals surface area contributed by atoms with Gasteiger partial charge in [-0.05, 0) is 54.7 Å². The van der Waals surface area contributed by atoms with Crippen LogP contribution in [0.25, 0.3) is 0 Å². The number of hydrogen-bond donors (Lipinski definition) is 2. The van der Waals surface area contributed by atoms with E-state index in [0.29, 0.717) is 18.0 Å². The molecule has 0 unspecified atom stereocenters. The first kappa shape index (κ1) is 22.0. The van der Waals surface area contributed by atoms with E-state index < -0.39 is 22.5 Å². The van der Waals surface area contributed by atoms with Gasteiger partial charge in [0.2, 0.25) is 10.0 Å². The largest absolute Gasteiger partial charge is 0.493 e. The molecule has 2 N–H and O–H groups in total. The third-order valence-electron chi connectivity index (χ3n) is 4.56. The minimum Gasteiger partial charge on any atom is -0.493 e. The summed E-state index contributed by atoms with van der Waals surface area (Å²) < 4.78 is 61.5. The summed E-state index contributed by atoms with van der Waals surface area (Å²) in [7, 11) is -2.37. The Morgan fingerprint density at radius 3 is 2.60 bits per heavy atom. The highest BCUT2D eigenvalue weighted by Gasteiger charge is 2.24. The molecule has 1 aliphatic carbocycles. The van der Waals surface area contributed by atoms with E-state index in [-0.39, 0.29) is 28.5 Å². The van der Waals surface area contributed by atoms with Crippen molar-refractivity contribution in [1.29, 1.82) is 0 Å². The van der Waals surface area contributed by atoms with E-state index in [0.717, 1.165) is 12.8 Å². The summed E-state index contributed by atoms with van der Waals surface area (Å²) in [5.74, 6) is -0.0853. The third kappa shape index (κ3) is 5.90. The van der Waals surface area contributed by atoms with Crippen LogP contribution in [0.2, 0.25) is 0 Å². The van der Waals surface area contributed by atoms with Crippen molar-refractivity contribution in [1.82, 2.24) is 10.0 Å². The van der Waals surface area contributed by atoms with E-state index >= 15 is 0 Å². The predicted molar refractivity (Wildman–Crippen MR) is 105 cm³/mol. The minimum atomic E-state index is -3.68. The van der Waals surface area contributed by atoms with Crippen molar-refractivity contribution in [2.24, 2.45) is 5.92 Å². The number of benzene rings is 2. The molecule has 162 valence electrons. The topological polar surface area (TPSA) is 93.7 Å². The van der Waals surface area contributed by atoms with Crippen LogP contribution < -0.4 is 19.5 Å². The number of methoxy groups -OCH3 is 1. The molecule has 0 spiro atoms. The lowest BCUT2D eigenvalue weighted by Crippen LogP contribution is -2.27. The fourth-order valence-electron chi connectivity index (χ4n) is 2.74. The van der Waals surface area contributed by atoms with Crippen molar-refractivity contribution in [3.63, 3.8) is 0 Å². The first-order chi connectivity index (χ1) is 14.3. The summed E-state index contributed by atoms with van der Waals surface area (Å²) in [4.78, 5) is 12.5. The minimum absolute atomic E-state index is 0.0194. The maximum atomic E-state index is 12.5. The highest BCUT2D eigenvalue weighted by atomic mass is 32.2. The van der Waals surface area contributed by atoms with Gasteiger partial charge in [-0.1, -0.05) is 12.1 Å². The predicted octanol–water partition coefficient (Wildman–Crippen LogP) is 2.91. The second-order valence-electron chi connectivity index (χ2n) is 6.87. The van der Waals surface area contributed by atoms with Gasteiger partial charge in [0, 0.05) is 18.7 Å². The molecular weight excluding hydrogens is 418 g/mol. The number of sulfonamides is 1. The van der Waals surface area contributed by atoms with E-state index in [1.807, 2.05) is 0 Å². The van der Waals surface area contributed by atoms with Gasteiger partial charge < -0.3 is 14.8 Å². The number of carbonyl (C=O) groups is 1. The van der Waals surface area contributed by atoms with Gasteiger partial charge in [-0.15, -0.1) is 0 Å². The van der Waals surface area contributed by atoms with Crippen LogP contribution in [0.5, 0.6) is 11.5 Å². The molecule has 1 aliphatic rings. The molecule has 2 aromatic rings. The molecule has 0 saturated heterocycles. The molecule has 0 radical (unpaired) electrons. The number of alkyl halides is 2. The summed E-state index contributed by atoms with van der Waals surface area (Å²) in [5.41, 5.74) is 0.783. The van der Waals surface area contributed by atoms with E-state index in [2.05, 4.69) is 14.8 Å². The number of ether oxygens (including phenoxy) is 2. The Labute approximate surface area is 173 Å². The highest BCUT2D eigenvalue weighted by molar-refractivity contribution is 7.89. The number of nitrogens with one attached hydrogen (secondary N) is 2. The Morgan fingerprint density at radius 1 is 1.17 bits per heavy atom. The fourth-order valence-corrected chi connectivity index (χ4v) is 3.90. The van der Waals surface area contributed by atoms with Gasteiger partial charge in [0.1, 0.15) is 0 Å². The summed E-state index contributed by atoms with van der Waals surface area (Å²) in [6.45, 7) is -2.50. The zero-order chi connectivity index (χ0) is 21.7. The molecule has 1 amide bonds. The number of rotatable bonds is 10. The van der Waals surface area contributed by atoms with Crippen molar-refractivity contribution in [2.75, 3.05) is 13.7 Å². The molecule has 2 aromatic carbocycles. The molecule has 30 heavy (non-hydrogen) atoms. The monoisotopic (exact) mass is 440 g/mol. The average molecular weight is 440 g/mol. The number of hydrogen-bond acceptors (Lipinski definition) is 5. The van der Waals surface area contributed by atoms with Crippen LogP contribution in [-0.4, -0.2) is 34.6 Å². The first-order valence-electron chi connectivity index (χ1n) is 9.28. The zero-order valence-corrected chi connectivity index (χ0v) is 17.0. The zero-order valence-electron chi connectivity index (χ0n) is 16.2. The van der Waals surface area contributed by atoms with Gasteiger partial charge >= 0.3 is 6.61 Å². The van der Waals surface area contributed by atoms with E-state index in [1.54, 1.807) is 0 Å². The quantitative estimate of drug-likeness (QED) is 0.593. The van der Waals surface area contributed by atoms with Crippen molar-refractivity contribution < 1.29 is 31.5 Å². The molecule has 1 fully saturated rings. The number of halogens is 2. The summed E-state index contributed by atoms with van der Waals surface area (Å²) in [5, 5.41) is 2.67. The van der Waals surface area contributed by atoms with Gasteiger partial charge in [-0.25, -0.2) is 13.1 Å².